The van der Waals surface area contributed by atoms with Crippen molar-refractivity contribution < 1.29 is 33.2 Å². The van der Waals surface area contributed by atoms with E-state index in [4.69, 9.17) is 28.4 Å². The topological polar surface area (TPSA) is 79.0 Å². The minimum Gasteiger partial charge on any atom is -0.359 e. The van der Waals surface area contributed by atoms with Crippen LogP contribution in [0, 0.1) is 0 Å². The van der Waals surface area contributed by atoms with E-state index in [2.05, 4.69) is 0 Å². The fourth-order valence-electron chi connectivity index (χ4n) is 5.38. The molecule has 35 heavy (non-hydrogen) atoms. The third-order valence-electron chi connectivity index (χ3n) is 7.13. The highest BCUT2D eigenvalue weighted by Crippen LogP contribution is 2.46. The van der Waals surface area contributed by atoms with Crippen LogP contribution in [0.25, 0.3) is 0 Å². The molecule has 4 saturated heterocycles. The first-order valence-corrected chi connectivity index (χ1v) is 12.2. The van der Waals surface area contributed by atoms with Crippen molar-refractivity contribution in [1.29, 1.82) is 0 Å². The van der Waals surface area contributed by atoms with Gasteiger partial charge in [0, 0.05) is 5.56 Å². The molecule has 4 fully saturated rings. The van der Waals surface area contributed by atoms with Crippen molar-refractivity contribution in [3.63, 3.8) is 0 Å². The molecular formula is C27H31NO7. The van der Waals surface area contributed by atoms with Gasteiger partial charge in [0.05, 0.1) is 19.3 Å². The van der Waals surface area contributed by atoms with Gasteiger partial charge in [-0.05, 0) is 26.3 Å². The molecule has 6 rings (SSSR count). The molecule has 0 radical (unpaired) electrons. The SMILES string of the molecule is C[C@H]1O[C@@H]1C(=O)N1[C@H]2[C@H](OCc3ccccc3)O[C@@H]3CO[C@@H](c4ccccc4)O[C@H]3[C@H]2OC1(C)C. The predicted octanol–water partition coefficient (Wildman–Crippen LogP) is 3.16. The van der Waals surface area contributed by atoms with Crippen molar-refractivity contribution >= 4 is 5.91 Å². The molecule has 0 saturated carbocycles. The van der Waals surface area contributed by atoms with Gasteiger partial charge in [-0.2, -0.15) is 0 Å². The van der Waals surface area contributed by atoms with Crippen LogP contribution in [0.3, 0.4) is 0 Å². The van der Waals surface area contributed by atoms with E-state index >= 15 is 0 Å². The Morgan fingerprint density at radius 1 is 1.00 bits per heavy atom. The van der Waals surface area contributed by atoms with E-state index in [0.29, 0.717) is 13.2 Å². The molecule has 2 aromatic carbocycles. The van der Waals surface area contributed by atoms with Gasteiger partial charge in [-0.25, -0.2) is 0 Å². The van der Waals surface area contributed by atoms with E-state index in [-0.39, 0.29) is 18.1 Å². The Balaban J connectivity index is 1.29. The van der Waals surface area contributed by atoms with Crippen molar-refractivity contribution in [2.24, 2.45) is 0 Å². The Morgan fingerprint density at radius 2 is 1.69 bits per heavy atom. The minimum absolute atomic E-state index is 0.111. The lowest BCUT2D eigenvalue weighted by Gasteiger charge is -2.47. The van der Waals surface area contributed by atoms with E-state index < -0.39 is 42.7 Å². The second-order valence-electron chi connectivity index (χ2n) is 10.0. The van der Waals surface area contributed by atoms with Crippen molar-refractivity contribution in [1.82, 2.24) is 4.90 Å². The van der Waals surface area contributed by atoms with Gasteiger partial charge in [-0.3, -0.25) is 4.79 Å². The van der Waals surface area contributed by atoms with Crippen molar-refractivity contribution in [3.8, 4) is 0 Å². The molecule has 0 spiro atoms. The standard InChI is InChI=1S/C27H31NO7/c1-16-21(32-16)24(29)28-20-23(35-27(28,2)3)22-19(15-31-25(34-22)18-12-8-5-9-13-18)33-26(20)30-14-17-10-6-4-7-11-17/h4-13,16,19-23,25-26H,14-15H2,1-3H3/t16-,19-,20-,21+,22-,23+,25-,26-/m1/s1. The van der Waals surface area contributed by atoms with Crippen molar-refractivity contribution in [2.75, 3.05) is 6.61 Å². The van der Waals surface area contributed by atoms with Gasteiger partial charge >= 0.3 is 0 Å². The van der Waals surface area contributed by atoms with Crippen LogP contribution in [0.5, 0.6) is 0 Å². The molecule has 0 aromatic heterocycles. The molecule has 0 unspecified atom stereocenters. The zero-order chi connectivity index (χ0) is 24.2. The summed E-state index contributed by atoms with van der Waals surface area (Å²) in [6.07, 6.45) is -3.09. The third-order valence-corrected chi connectivity index (χ3v) is 7.13. The molecule has 0 bridgehead atoms. The summed E-state index contributed by atoms with van der Waals surface area (Å²) in [5.74, 6) is -0.114. The number of ether oxygens (including phenoxy) is 6. The van der Waals surface area contributed by atoms with E-state index in [1.807, 2.05) is 81.4 Å². The first kappa shape index (κ1) is 23.1. The Kier molecular flexibility index (Phi) is 5.91. The largest absolute Gasteiger partial charge is 0.359 e. The number of amides is 1. The number of carbonyl (C=O) groups is 1. The molecular weight excluding hydrogens is 450 g/mol. The molecule has 4 heterocycles. The van der Waals surface area contributed by atoms with E-state index in [1.165, 1.54) is 0 Å². The summed E-state index contributed by atoms with van der Waals surface area (Å²) in [5, 5.41) is 0. The maximum absolute atomic E-state index is 13.5. The summed E-state index contributed by atoms with van der Waals surface area (Å²) >= 11 is 0. The Labute approximate surface area is 205 Å². The zero-order valence-corrected chi connectivity index (χ0v) is 20.1. The molecule has 8 heteroatoms. The molecule has 4 aliphatic heterocycles. The Hall–Kier alpha value is -2.33. The number of hydrogen-bond donors (Lipinski definition) is 0. The van der Waals surface area contributed by atoms with Crippen LogP contribution in [0.15, 0.2) is 60.7 Å². The lowest BCUT2D eigenvalue weighted by Crippen LogP contribution is -2.65. The van der Waals surface area contributed by atoms with Crippen molar-refractivity contribution in [2.45, 2.75) is 82.2 Å². The first-order valence-electron chi connectivity index (χ1n) is 12.2. The predicted molar refractivity (Wildman–Crippen MR) is 124 cm³/mol. The molecule has 0 N–H and O–H groups in total. The van der Waals surface area contributed by atoms with Crippen LogP contribution >= 0.6 is 0 Å². The van der Waals surface area contributed by atoms with Crippen LogP contribution in [0.2, 0.25) is 0 Å². The van der Waals surface area contributed by atoms with Gasteiger partial charge in [0.15, 0.2) is 18.7 Å². The van der Waals surface area contributed by atoms with Gasteiger partial charge in [0.25, 0.3) is 5.91 Å². The zero-order valence-electron chi connectivity index (χ0n) is 20.1. The van der Waals surface area contributed by atoms with E-state index in [1.54, 1.807) is 4.90 Å². The highest BCUT2D eigenvalue weighted by molar-refractivity contribution is 5.85. The van der Waals surface area contributed by atoms with Crippen LogP contribution in [-0.2, 0) is 39.8 Å². The number of carbonyl (C=O) groups excluding carboxylic acids is 1. The molecule has 2 aromatic rings. The highest BCUT2D eigenvalue weighted by atomic mass is 16.8. The van der Waals surface area contributed by atoms with Crippen LogP contribution in [0.1, 0.15) is 38.2 Å². The summed E-state index contributed by atoms with van der Waals surface area (Å²) in [6.45, 7) is 6.37. The van der Waals surface area contributed by atoms with Gasteiger partial charge in [-0.1, -0.05) is 60.7 Å². The Bertz CT molecular complexity index is 1050. The Morgan fingerprint density at radius 3 is 2.37 bits per heavy atom. The maximum atomic E-state index is 13.5. The average Bonchev–Trinajstić information content (AvgIpc) is 3.53. The summed E-state index contributed by atoms with van der Waals surface area (Å²) in [7, 11) is 0. The number of nitrogens with zero attached hydrogens (tertiary/aromatic N) is 1. The van der Waals surface area contributed by atoms with Crippen LogP contribution < -0.4 is 0 Å². The number of hydrogen-bond acceptors (Lipinski definition) is 7. The minimum atomic E-state index is -0.880. The lowest BCUT2D eigenvalue weighted by atomic mass is 9.95. The first-order chi connectivity index (χ1) is 16.9. The number of epoxide rings is 1. The normalized spacial score (nSPS) is 37.4. The smallest absolute Gasteiger partial charge is 0.257 e. The van der Waals surface area contributed by atoms with Crippen LogP contribution in [-0.4, -0.2) is 66.0 Å². The molecule has 4 aliphatic rings. The quantitative estimate of drug-likeness (QED) is 0.607. The van der Waals surface area contributed by atoms with Gasteiger partial charge in [0.2, 0.25) is 0 Å². The molecule has 0 aliphatic carbocycles. The highest BCUT2D eigenvalue weighted by Gasteiger charge is 2.64. The summed E-state index contributed by atoms with van der Waals surface area (Å²) in [6, 6.07) is 19.2. The third kappa shape index (κ3) is 4.28. The molecule has 186 valence electrons. The van der Waals surface area contributed by atoms with E-state index in [9.17, 15) is 4.79 Å². The van der Waals surface area contributed by atoms with E-state index in [0.717, 1.165) is 11.1 Å². The lowest BCUT2D eigenvalue weighted by molar-refractivity contribution is -0.343. The van der Waals surface area contributed by atoms with Crippen molar-refractivity contribution in [3.05, 3.63) is 71.8 Å². The monoisotopic (exact) mass is 481 g/mol. The van der Waals surface area contributed by atoms with Gasteiger partial charge in [-0.15, -0.1) is 0 Å². The fraction of sp³-hybridized carbons (Fsp3) is 0.519. The number of fused-ring (bicyclic) bond motifs is 3. The van der Waals surface area contributed by atoms with Crippen LogP contribution in [0.4, 0.5) is 0 Å². The second-order valence-corrected chi connectivity index (χ2v) is 10.0. The summed E-state index contributed by atoms with van der Waals surface area (Å²) in [5.41, 5.74) is 1.06. The molecule has 1 amide bonds. The maximum Gasteiger partial charge on any atom is 0.257 e. The number of rotatable bonds is 5. The van der Waals surface area contributed by atoms with Gasteiger partial charge in [0.1, 0.15) is 30.1 Å². The summed E-state index contributed by atoms with van der Waals surface area (Å²) < 4.78 is 37.2. The molecule has 8 atom stereocenters. The fourth-order valence-corrected chi connectivity index (χ4v) is 5.38. The summed E-state index contributed by atoms with van der Waals surface area (Å²) in [4.78, 5) is 15.2. The molecule has 8 nitrogen and oxygen atoms in total. The second kappa shape index (κ2) is 8.96. The number of benzene rings is 2. The average molecular weight is 482 g/mol. The van der Waals surface area contributed by atoms with Gasteiger partial charge < -0.3 is 33.3 Å².